The highest BCUT2D eigenvalue weighted by atomic mass is 32.2. The molecule has 0 atom stereocenters. The van der Waals surface area contributed by atoms with Crippen molar-refractivity contribution in [2.75, 3.05) is 33.2 Å². The number of thioether (sulfide) groups is 1. The van der Waals surface area contributed by atoms with Crippen molar-refractivity contribution in [3.8, 4) is 17.2 Å². The highest BCUT2D eigenvalue weighted by Gasteiger charge is 2.36. The van der Waals surface area contributed by atoms with Crippen LogP contribution in [0.2, 0.25) is 0 Å². The molecule has 29 heavy (non-hydrogen) atoms. The van der Waals surface area contributed by atoms with Crippen LogP contribution in [0.15, 0.2) is 28.6 Å². The van der Waals surface area contributed by atoms with Crippen LogP contribution >= 0.6 is 23.1 Å². The summed E-state index contributed by atoms with van der Waals surface area (Å²) < 4.78 is 15.9. The monoisotopic (exact) mass is 435 g/mol. The molecule has 1 fully saturated rings. The molecule has 1 aromatic carbocycles. The summed E-state index contributed by atoms with van der Waals surface area (Å²) in [6.07, 6.45) is 3.08. The molecule has 152 valence electrons. The van der Waals surface area contributed by atoms with Crippen LogP contribution in [0.4, 0.5) is 9.93 Å². The predicted molar refractivity (Wildman–Crippen MR) is 110 cm³/mol. The number of methoxy groups -OCH3 is 3. The SMILES string of the molecule is COc1cc(C=C2SC(=O)N(CC(=O)Nc3nccs3)C2=O)cc(OC)c1OC. The number of hydrogen-bond acceptors (Lipinski definition) is 9. The fourth-order valence-corrected chi connectivity index (χ4v) is 3.94. The van der Waals surface area contributed by atoms with E-state index in [0.29, 0.717) is 27.9 Å². The second kappa shape index (κ2) is 8.97. The van der Waals surface area contributed by atoms with Crippen molar-refractivity contribution in [3.63, 3.8) is 0 Å². The third-order valence-electron chi connectivity index (χ3n) is 3.84. The van der Waals surface area contributed by atoms with E-state index >= 15 is 0 Å². The molecule has 0 spiro atoms. The van der Waals surface area contributed by atoms with Crippen LogP contribution in [0.1, 0.15) is 5.56 Å². The Balaban J connectivity index is 1.80. The second-order valence-corrected chi connectivity index (χ2v) is 7.50. The lowest BCUT2D eigenvalue weighted by Crippen LogP contribution is -2.36. The maximum absolute atomic E-state index is 12.6. The smallest absolute Gasteiger partial charge is 0.294 e. The molecule has 3 amide bonds. The topological polar surface area (TPSA) is 107 Å². The van der Waals surface area contributed by atoms with E-state index in [1.807, 2.05) is 0 Å². The highest BCUT2D eigenvalue weighted by molar-refractivity contribution is 8.18. The lowest BCUT2D eigenvalue weighted by molar-refractivity contribution is -0.127. The van der Waals surface area contributed by atoms with E-state index in [2.05, 4.69) is 10.3 Å². The number of hydrogen-bond donors (Lipinski definition) is 1. The molecule has 3 rings (SSSR count). The average Bonchev–Trinajstić information content (AvgIpc) is 3.31. The van der Waals surface area contributed by atoms with Crippen molar-refractivity contribution in [1.82, 2.24) is 9.88 Å². The molecular formula is C18H17N3O6S2. The molecule has 1 saturated heterocycles. The quantitative estimate of drug-likeness (QED) is 0.662. The van der Waals surface area contributed by atoms with Crippen LogP contribution in [0.25, 0.3) is 6.08 Å². The Kier molecular flexibility index (Phi) is 6.39. The molecule has 11 heteroatoms. The van der Waals surface area contributed by atoms with Gasteiger partial charge in [-0.15, -0.1) is 11.3 Å². The summed E-state index contributed by atoms with van der Waals surface area (Å²) in [7, 11) is 4.45. The van der Waals surface area contributed by atoms with Gasteiger partial charge in [0.25, 0.3) is 11.1 Å². The van der Waals surface area contributed by atoms with Crippen LogP contribution in [-0.2, 0) is 9.59 Å². The standard InChI is InChI=1S/C18H17N3O6S2/c1-25-11-6-10(7-12(26-2)15(11)27-3)8-13-16(23)21(18(24)29-13)9-14(22)20-17-19-4-5-28-17/h4-8H,9H2,1-3H3,(H,19,20,22). The number of nitrogens with zero attached hydrogens (tertiary/aromatic N) is 2. The number of nitrogens with one attached hydrogen (secondary N) is 1. The Bertz CT molecular complexity index is 949. The molecule has 9 nitrogen and oxygen atoms in total. The fraction of sp³-hybridized carbons (Fsp3) is 0.222. The summed E-state index contributed by atoms with van der Waals surface area (Å²) in [4.78, 5) is 42.0. The molecular weight excluding hydrogens is 418 g/mol. The Morgan fingerprint density at radius 2 is 1.86 bits per heavy atom. The lowest BCUT2D eigenvalue weighted by Gasteiger charge is -2.13. The van der Waals surface area contributed by atoms with E-state index in [0.717, 1.165) is 16.7 Å². The molecule has 1 N–H and O–H groups in total. The zero-order valence-corrected chi connectivity index (χ0v) is 17.4. The number of thiazole rings is 1. The summed E-state index contributed by atoms with van der Waals surface area (Å²) in [6.45, 7) is -0.392. The minimum atomic E-state index is -0.553. The average molecular weight is 435 g/mol. The van der Waals surface area contributed by atoms with Gasteiger partial charge in [-0.05, 0) is 35.5 Å². The van der Waals surface area contributed by atoms with Crippen LogP contribution in [0, 0.1) is 0 Å². The molecule has 1 aliphatic heterocycles. The molecule has 0 saturated carbocycles. The van der Waals surface area contributed by atoms with Gasteiger partial charge >= 0.3 is 0 Å². The van der Waals surface area contributed by atoms with E-state index in [1.165, 1.54) is 38.7 Å². The van der Waals surface area contributed by atoms with Crippen molar-refractivity contribution >= 4 is 51.4 Å². The number of aromatic nitrogens is 1. The van der Waals surface area contributed by atoms with Gasteiger partial charge in [0.15, 0.2) is 16.6 Å². The van der Waals surface area contributed by atoms with Gasteiger partial charge in [-0.3, -0.25) is 19.3 Å². The van der Waals surface area contributed by atoms with Crippen LogP contribution in [-0.4, -0.2) is 54.8 Å². The zero-order chi connectivity index (χ0) is 21.0. The van der Waals surface area contributed by atoms with Gasteiger partial charge in [0, 0.05) is 11.6 Å². The van der Waals surface area contributed by atoms with Crippen molar-refractivity contribution in [2.45, 2.75) is 0 Å². The summed E-state index contributed by atoms with van der Waals surface area (Å²) in [5.41, 5.74) is 0.581. The van der Waals surface area contributed by atoms with Crippen molar-refractivity contribution in [1.29, 1.82) is 0 Å². The first-order valence-corrected chi connectivity index (χ1v) is 9.91. The molecule has 0 aliphatic carbocycles. The number of anilines is 1. The number of rotatable bonds is 7. The molecule has 0 unspecified atom stereocenters. The molecule has 1 aromatic heterocycles. The third kappa shape index (κ3) is 4.51. The van der Waals surface area contributed by atoms with Crippen molar-refractivity contribution in [3.05, 3.63) is 34.2 Å². The van der Waals surface area contributed by atoms with Gasteiger partial charge in [-0.2, -0.15) is 0 Å². The van der Waals surface area contributed by atoms with Crippen molar-refractivity contribution < 1.29 is 28.6 Å². The van der Waals surface area contributed by atoms with Gasteiger partial charge < -0.3 is 19.5 Å². The van der Waals surface area contributed by atoms with E-state index in [9.17, 15) is 14.4 Å². The number of imide groups is 1. The summed E-state index contributed by atoms with van der Waals surface area (Å²) in [5.74, 6) is 0.193. The second-order valence-electron chi connectivity index (χ2n) is 5.61. The normalized spacial score (nSPS) is 15.0. The minimum Gasteiger partial charge on any atom is -0.493 e. The zero-order valence-electron chi connectivity index (χ0n) is 15.8. The minimum absolute atomic E-state index is 0.186. The Morgan fingerprint density at radius 3 is 2.41 bits per heavy atom. The highest BCUT2D eigenvalue weighted by Crippen LogP contribution is 2.40. The Hall–Kier alpha value is -3.05. The van der Waals surface area contributed by atoms with Gasteiger partial charge in [0.1, 0.15) is 6.54 Å². The van der Waals surface area contributed by atoms with Crippen LogP contribution < -0.4 is 19.5 Å². The first-order valence-electron chi connectivity index (χ1n) is 8.21. The number of benzene rings is 1. The molecule has 2 aromatic rings. The molecule has 2 heterocycles. The van der Waals surface area contributed by atoms with E-state index in [4.69, 9.17) is 14.2 Å². The number of carbonyl (C=O) groups excluding carboxylic acids is 3. The molecule has 0 radical (unpaired) electrons. The maximum atomic E-state index is 12.6. The van der Waals surface area contributed by atoms with Gasteiger partial charge in [-0.25, -0.2) is 4.98 Å². The van der Waals surface area contributed by atoms with E-state index < -0.39 is 23.6 Å². The first-order chi connectivity index (χ1) is 14.0. The number of ether oxygens (including phenoxy) is 3. The fourth-order valence-electron chi connectivity index (χ4n) is 2.56. The van der Waals surface area contributed by atoms with Crippen molar-refractivity contribution in [2.24, 2.45) is 0 Å². The number of amides is 3. The van der Waals surface area contributed by atoms with E-state index in [1.54, 1.807) is 23.7 Å². The predicted octanol–water partition coefficient (Wildman–Crippen LogP) is 2.84. The Labute approximate surface area is 174 Å². The van der Waals surface area contributed by atoms with Crippen LogP contribution in [0.3, 0.4) is 0 Å². The molecule has 1 aliphatic rings. The van der Waals surface area contributed by atoms with Gasteiger partial charge in [-0.1, -0.05) is 0 Å². The van der Waals surface area contributed by atoms with E-state index in [-0.39, 0.29) is 4.91 Å². The summed E-state index contributed by atoms with van der Waals surface area (Å²) in [5, 5.41) is 4.12. The first kappa shape index (κ1) is 20.7. The summed E-state index contributed by atoms with van der Waals surface area (Å²) >= 11 is 2.00. The maximum Gasteiger partial charge on any atom is 0.294 e. The van der Waals surface area contributed by atoms with Gasteiger partial charge in [0.2, 0.25) is 11.7 Å². The number of carbonyl (C=O) groups is 3. The summed E-state index contributed by atoms with van der Waals surface area (Å²) in [6, 6.07) is 3.31. The Morgan fingerprint density at radius 1 is 1.17 bits per heavy atom. The lowest BCUT2D eigenvalue weighted by atomic mass is 10.1. The molecule has 0 bridgehead atoms. The largest absolute Gasteiger partial charge is 0.493 e. The van der Waals surface area contributed by atoms with Gasteiger partial charge in [0.05, 0.1) is 26.2 Å². The third-order valence-corrected chi connectivity index (χ3v) is 5.43. The van der Waals surface area contributed by atoms with Crippen LogP contribution in [0.5, 0.6) is 17.2 Å².